The molecule has 1 fully saturated rings. The minimum Gasteiger partial charge on any atom is -0.481 e. The van der Waals surface area contributed by atoms with Crippen LogP contribution in [-0.2, 0) is 23.7 Å². The Morgan fingerprint density at radius 3 is 1.80 bits per heavy atom. The quantitative estimate of drug-likeness (QED) is 0.256. The average molecular weight is 431 g/mol. The molecule has 6 nitrogen and oxygen atoms in total. The molecule has 178 valence electrons. The van der Waals surface area contributed by atoms with Gasteiger partial charge in [-0.3, -0.25) is 4.79 Å². The minimum absolute atomic E-state index is 0.261. The van der Waals surface area contributed by atoms with Crippen LogP contribution in [0.4, 0.5) is 0 Å². The normalized spacial score (nSPS) is 16.0. The Balaban J connectivity index is 1.80. The molecule has 0 bridgehead atoms. The molecule has 0 aromatic heterocycles. The fraction of sp³-hybridized carbons (Fsp3) is 0.958. The van der Waals surface area contributed by atoms with Crippen molar-refractivity contribution in [3.63, 3.8) is 0 Å². The number of carbonyl (C=O) groups is 1. The topological polar surface area (TPSA) is 74.2 Å². The third kappa shape index (κ3) is 15.2. The highest BCUT2D eigenvalue weighted by Crippen LogP contribution is 2.31. The molecule has 1 unspecified atom stereocenters. The van der Waals surface area contributed by atoms with Crippen molar-refractivity contribution in [1.29, 1.82) is 0 Å². The predicted octanol–water partition coefficient (Wildman–Crippen LogP) is 5.08. The van der Waals surface area contributed by atoms with E-state index >= 15 is 0 Å². The van der Waals surface area contributed by atoms with Crippen molar-refractivity contribution in [3.8, 4) is 0 Å². The smallest absolute Gasteiger partial charge is 0.306 e. The van der Waals surface area contributed by atoms with Gasteiger partial charge in [-0.25, -0.2) is 0 Å². The lowest BCUT2D eigenvalue weighted by atomic mass is 9.79. The number of unbranched alkanes of at least 4 members (excludes halogenated alkanes) is 5. The van der Waals surface area contributed by atoms with Crippen molar-refractivity contribution in [2.75, 3.05) is 52.9 Å². The molecule has 0 amide bonds. The molecule has 0 aliphatic heterocycles. The SMILES string of the molecule is CCCCCCCCOCCOCCOCCOCCC(C(=O)O)C1CCCCC1. The zero-order valence-corrected chi connectivity index (χ0v) is 19.3. The summed E-state index contributed by atoms with van der Waals surface area (Å²) in [4.78, 5) is 11.5. The Morgan fingerprint density at radius 1 is 0.733 bits per heavy atom. The van der Waals surface area contributed by atoms with Gasteiger partial charge in [0.2, 0.25) is 0 Å². The van der Waals surface area contributed by atoms with E-state index in [2.05, 4.69) is 6.92 Å². The summed E-state index contributed by atoms with van der Waals surface area (Å²) in [5, 5.41) is 9.47. The van der Waals surface area contributed by atoms with Gasteiger partial charge in [-0.15, -0.1) is 0 Å². The van der Waals surface area contributed by atoms with Crippen LogP contribution in [0.3, 0.4) is 0 Å². The summed E-state index contributed by atoms with van der Waals surface area (Å²) in [6.45, 7) is 6.91. The van der Waals surface area contributed by atoms with E-state index in [-0.39, 0.29) is 5.92 Å². The summed E-state index contributed by atoms with van der Waals surface area (Å²) in [5.74, 6) is -0.610. The molecule has 0 aromatic carbocycles. The fourth-order valence-electron chi connectivity index (χ4n) is 4.05. The van der Waals surface area contributed by atoms with Crippen LogP contribution in [0.15, 0.2) is 0 Å². The third-order valence-corrected chi connectivity index (χ3v) is 5.87. The van der Waals surface area contributed by atoms with Crippen LogP contribution in [0.1, 0.15) is 84.0 Å². The minimum atomic E-state index is -0.671. The van der Waals surface area contributed by atoms with E-state index in [1.807, 2.05) is 0 Å². The molecule has 6 heteroatoms. The Labute approximate surface area is 184 Å². The molecule has 1 aliphatic rings. The molecule has 0 saturated heterocycles. The monoisotopic (exact) mass is 430 g/mol. The van der Waals surface area contributed by atoms with Gasteiger partial charge in [-0.05, 0) is 31.6 Å². The van der Waals surface area contributed by atoms with Crippen LogP contribution in [0.5, 0.6) is 0 Å². The molecule has 1 saturated carbocycles. The highest BCUT2D eigenvalue weighted by molar-refractivity contribution is 5.70. The number of carboxylic acids is 1. The van der Waals surface area contributed by atoms with Gasteiger partial charge in [0.1, 0.15) is 0 Å². The van der Waals surface area contributed by atoms with E-state index in [0.29, 0.717) is 58.6 Å². The van der Waals surface area contributed by atoms with Crippen molar-refractivity contribution >= 4 is 5.97 Å². The first-order valence-corrected chi connectivity index (χ1v) is 12.3. The summed E-state index contributed by atoms with van der Waals surface area (Å²) in [5.41, 5.74) is 0. The predicted molar refractivity (Wildman–Crippen MR) is 119 cm³/mol. The summed E-state index contributed by atoms with van der Waals surface area (Å²) < 4.78 is 22.1. The lowest BCUT2D eigenvalue weighted by molar-refractivity contribution is -0.145. The van der Waals surface area contributed by atoms with E-state index in [4.69, 9.17) is 18.9 Å². The lowest BCUT2D eigenvalue weighted by Gasteiger charge is -2.27. The van der Waals surface area contributed by atoms with Gasteiger partial charge >= 0.3 is 5.97 Å². The van der Waals surface area contributed by atoms with Gasteiger partial charge in [-0.1, -0.05) is 58.3 Å². The van der Waals surface area contributed by atoms with Crippen LogP contribution in [0.25, 0.3) is 0 Å². The van der Waals surface area contributed by atoms with Crippen molar-refractivity contribution in [2.24, 2.45) is 11.8 Å². The number of hydrogen-bond donors (Lipinski definition) is 1. The number of rotatable bonds is 21. The number of hydrogen-bond acceptors (Lipinski definition) is 5. The zero-order valence-electron chi connectivity index (χ0n) is 19.3. The van der Waals surface area contributed by atoms with Crippen LogP contribution in [-0.4, -0.2) is 63.9 Å². The van der Waals surface area contributed by atoms with Crippen molar-refractivity contribution in [3.05, 3.63) is 0 Å². The standard InChI is InChI=1S/C24H46O6/c1-2-3-4-5-6-10-14-27-16-18-29-20-21-30-19-17-28-15-13-23(24(25)26)22-11-8-7-9-12-22/h22-23H,2-21H2,1H3,(H,25,26). The van der Waals surface area contributed by atoms with E-state index in [9.17, 15) is 9.90 Å². The Hall–Kier alpha value is -0.690. The van der Waals surface area contributed by atoms with Gasteiger partial charge in [0.15, 0.2) is 0 Å². The number of carboxylic acid groups (broad SMARTS) is 1. The van der Waals surface area contributed by atoms with Crippen LogP contribution >= 0.6 is 0 Å². The first kappa shape index (κ1) is 27.3. The first-order valence-electron chi connectivity index (χ1n) is 12.3. The van der Waals surface area contributed by atoms with Gasteiger partial charge in [0.05, 0.1) is 45.6 Å². The van der Waals surface area contributed by atoms with Crippen molar-refractivity contribution < 1.29 is 28.8 Å². The zero-order chi connectivity index (χ0) is 21.7. The molecule has 0 heterocycles. The summed E-state index contributed by atoms with van der Waals surface area (Å²) in [6.07, 6.45) is 13.9. The van der Waals surface area contributed by atoms with Gasteiger partial charge < -0.3 is 24.1 Å². The second kappa shape index (κ2) is 20.2. The van der Waals surface area contributed by atoms with E-state index in [0.717, 1.165) is 38.7 Å². The maximum absolute atomic E-state index is 11.5. The molecular weight excluding hydrogens is 384 g/mol. The fourth-order valence-corrected chi connectivity index (χ4v) is 4.05. The van der Waals surface area contributed by atoms with Crippen molar-refractivity contribution in [1.82, 2.24) is 0 Å². The van der Waals surface area contributed by atoms with Crippen LogP contribution in [0, 0.1) is 11.8 Å². The highest BCUT2D eigenvalue weighted by Gasteiger charge is 2.28. The van der Waals surface area contributed by atoms with Crippen molar-refractivity contribution in [2.45, 2.75) is 84.0 Å². The number of ether oxygens (including phenoxy) is 4. The molecule has 0 aromatic rings. The molecule has 1 N–H and O–H groups in total. The van der Waals surface area contributed by atoms with Gasteiger partial charge in [-0.2, -0.15) is 0 Å². The maximum Gasteiger partial charge on any atom is 0.306 e. The summed E-state index contributed by atoms with van der Waals surface area (Å²) >= 11 is 0. The molecule has 1 aliphatic carbocycles. The summed E-state index contributed by atoms with van der Waals surface area (Å²) in [7, 11) is 0. The largest absolute Gasteiger partial charge is 0.481 e. The van der Waals surface area contributed by atoms with E-state index < -0.39 is 5.97 Å². The third-order valence-electron chi connectivity index (χ3n) is 5.87. The lowest BCUT2D eigenvalue weighted by Crippen LogP contribution is -2.27. The van der Waals surface area contributed by atoms with Gasteiger partial charge in [0, 0.05) is 13.2 Å². The van der Waals surface area contributed by atoms with Crippen LogP contribution in [0.2, 0.25) is 0 Å². The van der Waals surface area contributed by atoms with E-state index in [1.165, 1.54) is 38.5 Å². The Bertz CT molecular complexity index is 384. The summed E-state index contributed by atoms with van der Waals surface area (Å²) in [6, 6.07) is 0. The number of aliphatic carboxylic acids is 1. The Kier molecular flexibility index (Phi) is 18.4. The average Bonchev–Trinajstić information content (AvgIpc) is 2.76. The molecular formula is C24H46O6. The highest BCUT2D eigenvalue weighted by atomic mass is 16.6. The van der Waals surface area contributed by atoms with Crippen LogP contribution < -0.4 is 0 Å². The van der Waals surface area contributed by atoms with Gasteiger partial charge in [0.25, 0.3) is 0 Å². The maximum atomic E-state index is 11.5. The first-order chi connectivity index (χ1) is 14.8. The second-order valence-corrected chi connectivity index (χ2v) is 8.35. The molecule has 1 rings (SSSR count). The molecule has 30 heavy (non-hydrogen) atoms. The second-order valence-electron chi connectivity index (χ2n) is 8.35. The Morgan fingerprint density at radius 2 is 1.23 bits per heavy atom. The molecule has 1 atom stereocenters. The van der Waals surface area contributed by atoms with E-state index in [1.54, 1.807) is 0 Å². The molecule has 0 spiro atoms. The molecule has 0 radical (unpaired) electrons.